The Morgan fingerprint density at radius 2 is 2.00 bits per heavy atom. The largest absolute Gasteiger partial charge is 0.430 e. The third kappa shape index (κ3) is 2.17. The molecule has 2 rings (SSSR count). The van der Waals surface area contributed by atoms with Crippen molar-refractivity contribution in [3.8, 4) is 10.9 Å². The first-order chi connectivity index (χ1) is 6.34. The van der Waals surface area contributed by atoms with Crippen LogP contribution in [0.3, 0.4) is 0 Å². The summed E-state index contributed by atoms with van der Waals surface area (Å²) in [4.78, 5) is 0. The van der Waals surface area contributed by atoms with Crippen LogP contribution in [0.5, 0.6) is 10.9 Å². The molecule has 0 fully saturated rings. The average Bonchev–Trinajstić information content (AvgIpc) is 2.62. The van der Waals surface area contributed by atoms with E-state index in [9.17, 15) is 0 Å². The van der Waals surface area contributed by atoms with E-state index in [0.717, 1.165) is 0 Å². The summed E-state index contributed by atoms with van der Waals surface area (Å²) in [6.07, 6.45) is 0. The number of rotatable bonds is 2. The van der Waals surface area contributed by atoms with Crippen molar-refractivity contribution in [2.75, 3.05) is 0 Å². The molecule has 3 nitrogen and oxygen atoms in total. The molecule has 0 radical (unpaired) electrons. The first kappa shape index (κ1) is 8.47. The lowest BCUT2D eigenvalue weighted by Gasteiger charge is -1.99. The Bertz CT molecular complexity index is 374. The van der Waals surface area contributed by atoms with E-state index in [1.54, 1.807) is 29.8 Å². The Kier molecular flexibility index (Phi) is 2.42. The van der Waals surface area contributed by atoms with Crippen LogP contribution in [0.25, 0.3) is 0 Å². The van der Waals surface area contributed by atoms with Crippen molar-refractivity contribution in [2.24, 2.45) is 0 Å². The lowest BCUT2D eigenvalue weighted by molar-refractivity contribution is 0.473. The Hall–Kier alpha value is -1.13. The molecule has 0 saturated heterocycles. The third-order valence-corrected chi connectivity index (χ3v) is 2.18. The molecule has 0 amide bonds. The second-order valence-electron chi connectivity index (χ2n) is 2.26. The van der Waals surface area contributed by atoms with E-state index in [1.807, 2.05) is 0 Å². The molecule has 0 aliphatic heterocycles. The zero-order chi connectivity index (χ0) is 9.10. The van der Waals surface area contributed by atoms with E-state index in [1.165, 1.54) is 11.3 Å². The molecular weight excluding hydrogens is 208 g/mol. The van der Waals surface area contributed by atoms with Crippen molar-refractivity contribution in [3.05, 3.63) is 34.8 Å². The summed E-state index contributed by atoms with van der Waals surface area (Å²) in [5, 5.41) is 8.62. The molecular formula is C8H5ClN2OS. The summed E-state index contributed by atoms with van der Waals surface area (Å²) < 4.78 is 5.36. The van der Waals surface area contributed by atoms with E-state index in [2.05, 4.69) is 10.2 Å². The fourth-order valence-corrected chi connectivity index (χ4v) is 1.36. The van der Waals surface area contributed by atoms with Gasteiger partial charge in [0.05, 0.1) is 0 Å². The summed E-state index contributed by atoms with van der Waals surface area (Å²) in [6, 6.07) is 7.09. The summed E-state index contributed by atoms with van der Waals surface area (Å²) in [7, 11) is 0. The van der Waals surface area contributed by atoms with Crippen LogP contribution < -0.4 is 4.74 Å². The Morgan fingerprint density at radius 3 is 2.62 bits per heavy atom. The van der Waals surface area contributed by atoms with Gasteiger partial charge in [-0.15, -0.1) is 5.10 Å². The van der Waals surface area contributed by atoms with Crippen LogP contribution in [0.1, 0.15) is 0 Å². The number of hydrogen-bond acceptors (Lipinski definition) is 4. The lowest BCUT2D eigenvalue weighted by atomic mass is 10.3. The van der Waals surface area contributed by atoms with Gasteiger partial charge in [0, 0.05) is 5.02 Å². The minimum absolute atomic E-state index is 0.530. The molecule has 0 aliphatic carbocycles. The van der Waals surface area contributed by atoms with Crippen molar-refractivity contribution in [1.82, 2.24) is 10.2 Å². The van der Waals surface area contributed by atoms with Crippen LogP contribution in [-0.2, 0) is 0 Å². The van der Waals surface area contributed by atoms with Gasteiger partial charge in [-0.25, -0.2) is 0 Å². The third-order valence-electron chi connectivity index (χ3n) is 1.36. The Balaban J connectivity index is 2.15. The molecule has 0 bridgehead atoms. The van der Waals surface area contributed by atoms with Gasteiger partial charge in [0.25, 0.3) is 5.19 Å². The first-order valence-corrected chi connectivity index (χ1v) is 4.80. The Morgan fingerprint density at radius 1 is 1.23 bits per heavy atom. The van der Waals surface area contributed by atoms with Crippen LogP contribution in [0, 0.1) is 0 Å². The SMILES string of the molecule is Clc1ccc(Oc2nncs2)cc1. The molecule has 2 aromatic rings. The summed E-state index contributed by atoms with van der Waals surface area (Å²) in [6.45, 7) is 0. The molecule has 5 heteroatoms. The molecule has 0 spiro atoms. The van der Waals surface area contributed by atoms with Crippen molar-refractivity contribution < 1.29 is 4.74 Å². The predicted molar refractivity (Wildman–Crippen MR) is 51.4 cm³/mol. The number of hydrogen-bond donors (Lipinski definition) is 0. The maximum absolute atomic E-state index is 5.71. The molecule has 0 aliphatic rings. The van der Waals surface area contributed by atoms with Gasteiger partial charge in [-0.1, -0.05) is 28.0 Å². The van der Waals surface area contributed by atoms with E-state index in [-0.39, 0.29) is 0 Å². The van der Waals surface area contributed by atoms with Crippen molar-refractivity contribution in [2.45, 2.75) is 0 Å². The smallest absolute Gasteiger partial charge is 0.299 e. The number of benzene rings is 1. The minimum atomic E-state index is 0.530. The molecule has 1 heterocycles. The van der Waals surface area contributed by atoms with Crippen molar-refractivity contribution >= 4 is 22.9 Å². The summed E-state index contributed by atoms with van der Waals surface area (Å²) in [5.74, 6) is 0.709. The zero-order valence-corrected chi connectivity index (χ0v) is 8.05. The minimum Gasteiger partial charge on any atom is -0.430 e. The van der Waals surface area contributed by atoms with Crippen LogP contribution in [0.15, 0.2) is 29.8 Å². The van der Waals surface area contributed by atoms with Crippen LogP contribution in [0.4, 0.5) is 0 Å². The highest BCUT2D eigenvalue weighted by molar-refractivity contribution is 7.11. The molecule has 0 atom stereocenters. The molecule has 1 aromatic carbocycles. The number of ether oxygens (including phenoxy) is 1. The number of nitrogens with zero attached hydrogens (tertiary/aromatic N) is 2. The van der Waals surface area contributed by atoms with Gasteiger partial charge in [-0.05, 0) is 24.3 Å². The highest BCUT2D eigenvalue weighted by Gasteiger charge is 1.98. The topological polar surface area (TPSA) is 35.0 Å². The molecule has 0 saturated carbocycles. The van der Waals surface area contributed by atoms with Crippen molar-refractivity contribution in [3.63, 3.8) is 0 Å². The summed E-state index contributed by atoms with van der Waals surface area (Å²) in [5.41, 5.74) is 1.62. The molecule has 13 heavy (non-hydrogen) atoms. The quantitative estimate of drug-likeness (QED) is 0.768. The molecule has 0 unspecified atom stereocenters. The monoisotopic (exact) mass is 212 g/mol. The van der Waals surface area contributed by atoms with Gasteiger partial charge in [-0.2, -0.15) is 0 Å². The highest BCUT2D eigenvalue weighted by atomic mass is 35.5. The zero-order valence-electron chi connectivity index (χ0n) is 6.48. The molecule has 0 N–H and O–H groups in total. The average molecular weight is 213 g/mol. The maximum atomic E-state index is 5.71. The summed E-state index contributed by atoms with van der Waals surface area (Å²) >= 11 is 7.06. The van der Waals surface area contributed by atoms with Crippen molar-refractivity contribution in [1.29, 1.82) is 0 Å². The normalized spacial score (nSPS) is 9.92. The van der Waals surface area contributed by atoms with Crippen LogP contribution >= 0.6 is 22.9 Å². The fraction of sp³-hybridized carbons (Fsp3) is 0. The maximum Gasteiger partial charge on any atom is 0.299 e. The number of aromatic nitrogens is 2. The molecule has 66 valence electrons. The Labute approximate surface area is 84.0 Å². The van der Waals surface area contributed by atoms with Crippen LogP contribution in [-0.4, -0.2) is 10.2 Å². The fourth-order valence-electron chi connectivity index (χ4n) is 0.811. The standard InChI is InChI=1S/C8H5ClN2OS/c9-6-1-3-7(4-2-6)12-8-11-10-5-13-8/h1-5H. The van der Waals surface area contributed by atoms with Gasteiger partial charge in [-0.3, -0.25) is 0 Å². The lowest BCUT2D eigenvalue weighted by Crippen LogP contribution is -1.82. The predicted octanol–water partition coefficient (Wildman–Crippen LogP) is 2.98. The van der Waals surface area contributed by atoms with Gasteiger partial charge in [0.2, 0.25) is 0 Å². The van der Waals surface area contributed by atoms with Crippen LogP contribution in [0.2, 0.25) is 5.02 Å². The van der Waals surface area contributed by atoms with E-state index < -0.39 is 0 Å². The van der Waals surface area contributed by atoms with E-state index in [0.29, 0.717) is 16.0 Å². The van der Waals surface area contributed by atoms with E-state index >= 15 is 0 Å². The molecule has 1 aromatic heterocycles. The highest BCUT2D eigenvalue weighted by Crippen LogP contribution is 2.23. The first-order valence-electron chi connectivity index (χ1n) is 3.54. The van der Waals surface area contributed by atoms with Gasteiger partial charge >= 0.3 is 0 Å². The second kappa shape index (κ2) is 3.72. The van der Waals surface area contributed by atoms with E-state index in [4.69, 9.17) is 16.3 Å². The number of halogens is 1. The van der Waals surface area contributed by atoms with Gasteiger partial charge in [0.15, 0.2) is 0 Å². The van der Waals surface area contributed by atoms with Gasteiger partial charge < -0.3 is 4.74 Å². The van der Waals surface area contributed by atoms with Gasteiger partial charge in [0.1, 0.15) is 11.3 Å². The second-order valence-corrected chi connectivity index (χ2v) is 3.49.